The van der Waals surface area contributed by atoms with Crippen molar-refractivity contribution in [3.63, 3.8) is 0 Å². The first-order valence-electron chi connectivity index (χ1n) is 11.4. The maximum absolute atomic E-state index is 13.5. The second kappa shape index (κ2) is 11.0. The van der Waals surface area contributed by atoms with Crippen LogP contribution in [0.2, 0.25) is 0 Å². The lowest BCUT2D eigenvalue weighted by molar-refractivity contribution is 0.0765. The Hall–Kier alpha value is -4.21. The van der Waals surface area contributed by atoms with Crippen LogP contribution in [0.25, 0.3) is 0 Å². The summed E-state index contributed by atoms with van der Waals surface area (Å²) in [6.45, 7) is 2.01. The normalized spacial score (nSPS) is 13.7. The summed E-state index contributed by atoms with van der Waals surface area (Å²) >= 11 is 0. The highest BCUT2D eigenvalue weighted by atomic mass is 19.1. The lowest BCUT2D eigenvalue weighted by atomic mass is 10.1. The Balaban J connectivity index is 1.39. The van der Waals surface area contributed by atoms with E-state index < -0.39 is 17.5 Å². The number of pyridine rings is 1. The summed E-state index contributed by atoms with van der Waals surface area (Å²) in [5.74, 6) is -0.650. The fourth-order valence-corrected chi connectivity index (χ4v) is 4.04. The van der Waals surface area contributed by atoms with Crippen molar-refractivity contribution >= 4 is 23.3 Å². The maximum atomic E-state index is 13.5. The van der Waals surface area contributed by atoms with E-state index in [1.165, 1.54) is 14.2 Å². The summed E-state index contributed by atoms with van der Waals surface area (Å²) < 4.78 is 37.5. The van der Waals surface area contributed by atoms with Gasteiger partial charge in [-0.1, -0.05) is 0 Å². The highest BCUT2D eigenvalue weighted by molar-refractivity contribution is 6.06. The van der Waals surface area contributed by atoms with Crippen LogP contribution in [0.15, 0.2) is 54.7 Å². The summed E-state index contributed by atoms with van der Waals surface area (Å²) in [5, 5.41) is 2.81. The molecule has 0 atom stereocenters. The van der Waals surface area contributed by atoms with Gasteiger partial charge in [0.05, 0.1) is 31.7 Å². The van der Waals surface area contributed by atoms with Gasteiger partial charge < -0.3 is 24.6 Å². The smallest absolute Gasteiger partial charge is 0.259 e. The molecular formula is C26H26F2N4O4. The highest BCUT2D eigenvalue weighted by Gasteiger charge is 2.22. The van der Waals surface area contributed by atoms with E-state index in [0.29, 0.717) is 61.2 Å². The van der Waals surface area contributed by atoms with Gasteiger partial charge in [-0.15, -0.1) is 0 Å². The molecule has 1 aliphatic rings. The first-order chi connectivity index (χ1) is 17.4. The topological polar surface area (TPSA) is 84.0 Å². The van der Waals surface area contributed by atoms with Crippen molar-refractivity contribution in [3.8, 4) is 11.5 Å². The average molecular weight is 497 g/mol. The minimum atomic E-state index is -0.781. The van der Waals surface area contributed by atoms with Gasteiger partial charge in [-0.25, -0.2) is 13.8 Å². The summed E-state index contributed by atoms with van der Waals surface area (Å²) in [6, 6.07) is 11.3. The third kappa shape index (κ3) is 5.70. The van der Waals surface area contributed by atoms with Gasteiger partial charge in [0.15, 0.2) is 0 Å². The molecule has 0 bridgehead atoms. The summed E-state index contributed by atoms with van der Waals surface area (Å²) in [4.78, 5) is 33.6. The van der Waals surface area contributed by atoms with Crippen molar-refractivity contribution in [2.75, 3.05) is 50.6 Å². The fraction of sp³-hybridized carbons (Fsp3) is 0.269. The molecule has 1 aliphatic heterocycles. The number of halogens is 2. The molecule has 188 valence electrons. The van der Waals surface area contributed by atoms with E-state index in [9.17, 15) is 18.4 Å². The second-order valence-electron chi connectivity index (χ2n) is 8.22. The summed E-state index contributed by atoms with van der Waals surface area (Å²) in [5.41, 5.74) is 0.867. The van der Waals surface area contributed by atoms with Gasteiger partial charge in [-0.2, -0.15) is 0 Å². The van der Waals surface area contributed by atoms with Gasteiger partial charge in [0.1, 0.15) is 29.0 Å². The Bertz CT molecular complexity index is 1230. The number of anilines is 2. The van der Waals surface area contributed by atoms with Gasteiger partial charge in [-0.05, 0) is 42.8 Å². The van der Waals surface area contributed by atoms with E-state index in [0.717, 1.165) is 18.2 Å². The molecular weight excluding hydrogens is 470 g/mol. The number of methoxy groups -OCH3 is 2. The van der Waals surface area contributed by atoms with Crippen molar-refractivity contribution in [2.45, 2.75) is 6.42 Å². The third-order valence-electron chi connectivity index (χ3n) is 5.88. The predicted molar refractivity (Wildman–Crippen MR) is 131 cm³/mol. The summed E-state index contributed by atoms with van der Waals surface area (Å²) in [7, 11) is 3.02. The molecule has 36 heavy (non-hydrogen) atoms. The first-order valence-corrected chi connectivity index (χ1v) is 11.4. The SMILES string of the molecule is COc1ccc(C(=O)Nc2ccc(N3CCCN(C(=O)c4cc(F)cc(F)c4)CC3)nc2)c(OC)c1. The molecule has 4 rings (SSSR count). The largest absolute Gasteiger partial charge is 0.497 e. The number of carbonyl (C=O) groups is 2. The number of aromatic nitrogens is 1. The molecule has 1 saturated heterocycles. The molecule has 1 N–H and O–H groups in total. The zero-order valence-electron chi connectivity index (χ0n) is 20.0. The molecule has 1 aromatic heterocycles. The van der Waals surface area contributed by atoms with Crippen molar-refractivity contribution in [1.82, 2.24) is 9.88 Å². The molecule has 10 heteroatoms. The zero-order valence-corrected chi connectivity index (χ0v) is 20.0. The van der Waals surface area contributed by atoms with Gasteiger partial charge in [0, 0.05) is 43.9 Å². The molecule has 2 aromatic carbocycles. The van der Waals surface area contributed by atoms with Crippen LogP contribution in [0.5, 0.6) is 11.5 Å². The first kappa shape index (κ1) is 24.9. The number of amides is 2. The molecule has 0 unspecified atom stereocenters. The Morgan fingerprint density at radius 1 is 0.917 bits per heavy atom. The van der Waals surface area contributed by atoms with E-state index in [4.69, 9.17) is 9.47 Å². The van der Waals surface area contributed by atoms with Crippen molar-refractivity contribution in [1.29, 1.82) is 0 Å². The molecule has 0 spiro atoms. The Labute approximate surface area is 207 Å². The van der Waals surface area contributed by atoms with Crippen LogP contribution >= 0.6 is 0 Å². The number of ether oxygens (including phenoxy) is 2. The van der Waals surface area contributed by atoms with Crippen molar-refractivity contribution < 1.29 is 27.8 Å². The van der Waals surface area contributed by atoms with Crippen LogP contribution in [0.4, 0.5) is 20.3 Å². The second-order valence-corrected chi connectivity index (χ2v) is 8.22. The molecule has 3 aromatic rings. The number of hydrogen-bond acceptors (Lipinski definition) is 6. The maximum Gasteiger partial charge on any atom is 0.259 e. The van der Waals surface area contributed by atoms with Crippen molar-refractivity contribution in [2.24, 2.45) is 0 Å². The van der Waals surface area contributed by atoms with E-state index in [1.54, 1.807) is 41.4 Å². The monoisotopic (exact) mass is 496 g/mol. The molecule has 2 heterocycles. The van der Waals surface area contributed by atoms with Crippen LogP contribution in [0.3, 0.4) is 0 Å². The standard InChI is InChI=1S/C26H26F2N4O4/c1-35-21-5-6-22(23(15-21)36-2)25(33)30-20-4-7-24(29-16-20)31-8-3-9-32(11-10-31)26(34)17-12-18(27)14-19(28)13-17/h4-7,12-16H,3,8-11H2,1-2H3,(H,30,33). The Morgan fingerprint density at radius 2 is 1.69 bits per heavy atom. The van der Waals surface area contributed by atoms with E-state index in [2.05, 4.69) is 10.3 Å². The number of nitrogens with zero attached hydrogens (tertiary/aromatic N) is 3. The van der Waals surface area contributed by atoms with E-state index in [-0.39, 0.29) is 11.5 Å². The predicted octanol–water partition coefficient (Wildman–Crippen LogP) is 3.98. The number of rotatable bonds is 6. The van der Waals surface area contributed by atoms with Gasteiger partial charge >= 0.3 is 0 Å². The van der Waals surface area contributed by atoms with Crippen LogP contribution in [0, 0.1) is 11.6 Å². The molecule has 0 saturated carbocycles. The minimum absolute atomic E-state index is 0.00680. The fourth-order valence-electron chi connectivity index (χ4n) is 4.04. The quantitative estimate of drug-likeness (QED) is 0.556. The molecule has 0 aliphatic carbocycles. The van der Waals surface area contributed by atoms with Crippen LogP contribution in [-0.4, -0.2) is 62.1 Å². The Morgan fingerprint density at radius 3 is 2.36 bits per heavy atom. The molecule has 2 amide bonds. The lowest BCUT2D eigenvalue weighted by Crippen LogP contribution is -2.35. The number of nitrogens with one attached hydrogen (secondary N) is 1. The van der Waals surface area contributed by atoms with Crippen LogP contribution in [0.1, 0.15) is 27.1 Å². The van der Waals surface area contributed by atoms with Crippen molar-refractivity contribution in [3.05, 3.63) is 77.5 Å². The van der Waals surface area contributed by atoms with Crippen LogP contribution in [-0.2, 0) is 0 Å². The van der Waals surface area contributed by atoms with Gasteiger partial charge in [0.25, 0.3) is 11.8 Å². The highest BCUT2D eigenvalue weighted by Crippen LogP contribution is 2.26. The zero-order chi connectivity index (χ0) is 25.7. The number of hydrogen-bond donors (Lipinski definition) is 1. The number of carbonyl (C=O) groups excluding carboxylic acids is 2. The van der Waals surface area contributed by atoms with E-state index in [1.807, 2.05) is 4.90 Å². The molecule has 1 fully saturated rings. The molecule has 8 nitrogen and oxygen atoms in total. The Kier molecular flexibility index (Phi) is 7.62. The minimum Gasteiger partial charge on any atom is -0.497 e. The van der Waals surface area contributed by atoms with Gasteiger partial charge in [-0.3, -0.25) is 9.59 Å². The number of benzene rings is 2. The third-order valence-corrected chi connectivity index (χ3v) is 5.88. The molecule has 0 radical (unpaired) electrons. The van der Waals surface area contributed by atoms with Crippen LogP contribution < -0.4 is 19.7 Å². The summed E-state index contributed by atoms with van der Waals surface area (Å²) in [6.07, 6.45) is 2.23. The average Bonchev–Trinajstić information content (AvgIpc) is 3.14. The lowest BCUT2D eigenvalue weighted by Gasteiger charge is -2.23. The van der Waals surface area contributed by atoms with E-state index >= 15 is 0 Å². The van der Waals surface area contributed by atoms with Gasteiger partial charge in [0.2, 0.25) is 0 Å².